The fourth-order valence-electron chi connectivity index (χ4n) is 3.03. The van der Waals surface area contributed by atoms with Crippen molar-refractivity contribution in [1.82, 2.24) is 4.57 Å². The van der Waals surface area contributed by atoms with Gasteiger partial charge in [0.15, 0.2) is 5.78 Å². The molecule has 0 amide bonds. The number of hydrogen-bond donors (Lipinski definition) is 0. The Morgan fingerprint density at radius 2 is 1.75 bits per heavy atom. The first-order valence-corrected chi connectivity index (χ1v) is 8.77. The van der Waals surface area contributed by atoms with E-state index in [1.165, 1.54) is 0 Å². The molecule has 5 heteroatoms. The number of ether oxygens (including phenoxy) is 1. The third kappa shape index (κ3) is 2.20. The molecular formula is C19H15NO3S. The van der Waals surface area contributed by atoms with Crippen LogP contribution in [0.1, 0.15) is 21.3 Å². The van der Waals surface area contributed by atoms with Gasteiger partial charge in [0.25, 0.3) is 0 Å². The first kappa shape index (κ1) is 14.9. The van der Waals surface area contributed by atoms with Gasteiger partial charge in [0.05, 0.1) is 34.2 Å². The van der Waals surface area contributed by atoms with Crippen molar-refractivity contribution >= 4 is 16.6 Å². The van der Waals surface area contributed by atoms with Gasteiger partial charge < -0.3 is 9.30 Å². The first-order valence-electron chi connectivity index (χ1n) is 7.56. The summed E-state index contributed by atoms with van der Waals surface area (Å²) in [6.45, 7) is 0. The van der Waals surface area contributed by atoms with E-state index < -0.39 is 16.0 Å². The number of nitrogens with zero attached hydrogens (tertiary/aromatic N) is 1. The molecule has 1 aliphatic heterocycles. The number of carbonyl (C=O) groups is 1. The second-order valence-corrected chi connectivity index (χ2v) is 7.05. The van der Waals surface area contributed by atoms with E-state index in [0.29, 0.717) is 16.3 Å². The van der Waals surface area contributed by atoms with Crippen molar-refractivity contribution in [3.05, 3.63) is 78.1 Å². The number of ketones is 1. The zero-order chi connectivity index (χ0) is 16.7. The molecule has 0 saturated heterocycles. The normalized spacial score (nSPS) is 19.3. The summed E-state index contributed by atoms with van der Waals surface area (Å²) in [5.41, 5.74) is 2.07. The van der Waals surface area contributed by atoms with Crippen molar-refractivity contribution in [2.45, 2.75) is 10.1 Å². The van der Waals surface area contributed by atoms with Crippen LogP contribution in [0, 0.1) is 0 Å². The molecule has 0 bridgehead atoms. The number of para-hydroxylation sites is 1. The van der Waals surface area contributed by atoms with Crippen LogP contribution in [-0.4, -0.2) is 21.7 Å². The summed E-state index contributed by atoms with van der Waals surface area (Å²) in [7, 11) is 0.115. The van der Waals surface area contributed by atoms with E-state index in [1.54, 1.807) is 37.4 Å². The first-order chi connectivity index (χ1) is 11.7. The highest BCUT2D eigenvalue weighted by atomic mass is 32.2. The van der Waals surface area contributed by atoms with Gasteiger partial charge in [-0.05, 0) is 42.0 Å². The summed E-state index contributed by atoms with van der Waals surface area (Å²) >= 11 is 0. The Balaban J connectivity index is 1.92. The van der Waals surface area contributed by atoms with E-state index in [2.05, 4.69) is 0 Å². The zero-order valence-corrected chi connectivity index (χ0v) is 13.8. The van der Waals surface area contributed by atoms with E-state index in [-0.39, 0.29) is 5.78 Å². The van der Waals surface area contributed by atoms with Crippen LogP contribution in [0.2, 0.25) is 0 Å². The number of benzene rings is 2. The average Bonchev–Trinajstić information content (AvgIpc) is 3.09. The number of fused-ring (bicyclic) bond motifs is 3. The monoisotopic (exact) mass is 337 g/mol. The maximum atomic E-state index is 13.2. The Bertz CT molecular complexity index is 943. The molecule has 0 unspecified atom stereocenters. The van der Waals surface area contributed by atoms with Crippen molar-refractivity contribution in [2.24, 2.45) is 0 Å². The van der Waals surface area contributed by atoms with Gasteiger partial charge in [-0.1, -0.05) is 24.3 Å². The topological polar surface area (TPSA) is 48.3 Å². The summed E-state index contributed by atoms with van der Waals surface area (Å²) < 4.78 is 20.2. The Morgan fingerprint density at radius 3 is 2.50 bits per heavy atom. The fraction of sp³-hybridized carbons (Fsp3) is 0.105. The van der Waals surface area contributed by atoms with Crippen LogP contribution in [0.25, 0.3) is 5.69 Å². The van der Waals surface area contributed by atoms with Crippen LogP contribution in [-0.2, 0) is 10.8 Å². The minimum absolute atomic E-state index is 0.139. The van der Waals surface area contributed by atoms with Crippen LogP contribution in [0.5, 0.6) is 5.75 Å². The number of hydrogen-bond acceptors (Lipinski definition) is 3. The minimum Gasteiger partial charge on any atom is -0.497 e. The molecule has 2 aromatic carbocycles. The van der Waals surface area contributed by atoms with Crippen molar-refractivity contribution in [3.63, 3.8) is 0 Å². The Hall–Kier alpha value is -2.66. The summed E-state index contributed by atoms with van der Waals surface area (Å²) in [5, 5.41) is -0.729. The lowest BCUT2D eigenvalue weighted by molar-refractivity contribution is 0.0982. The second-order valence-electron chi connectivity index (χ2n) is 5.55. The van der Waals surface area contributed by atoms with Crippen LogP contribution in [0.15, 0.2) is 71.8 Å². The molecule has 4 rings (SSSR count). The van der Waals surface area contributed by atoms with Crippen molar-refractivity contribution in [3.8, 4) is 11.4 Å². The van der Waals surface area contributed by atoms with Crippen LogP contribution in [0.3, 0.4) is 0 Å². The highest BCUT2D eigenvalue weighted by Gasteiger charge is 2.35. The predicted molar refractivity (Wildman–Crippen MR) is 92.2 cm³/mol. The fourth-order valence-corrected chi connectivity index (χ4v) is 4.59. The maximum absolute atomic E-state index is 13.2. The van der Waals surface area contributed by atoms with E-state index in [9.17, 15) is 9.00 Å². The molecule has 0 N–H and O–H groups in total. The lowest BCUT2D eigenvalue weighted by Crippen LogP contribution is -2.17. The lowest BCUT2D eigenvalue weighted by atomic mass is 10.1. The third-order valence-electron chi connectivity index (χ3n) is 4.21. The summed E-state index contributed by atoms with van der Waals surface area (Å²) in [6, 6.07) is 18.2. The number of rotatable bonds is 2. The van der Waals surface area contributed by atoms with Crippen LogP contribution >= 0.6 is 0 Å². The molecule has 120 valence electrons. The number of aromatic nitrogens is 1. The van der Waals surface area contributed by atoms with E-state index in [0.717, 1.165) is 11.3 Å². The van der Waals surface area contributed by atoms with E-state index in [1.807, 2.05) is 41.1 Å². The Morgan fingerprint density at radius 1 is 1.00 bits per heavy atom. The molecule has 1 aliphatic rings. The van der Waals surface area contributed by atoms with Gasteiger partial charge in [-0.3, -0.25) is 9.00 Å². The average molecular weight is 337 g/mol. The van der Waals surface area contributed by atoms with Gasteiger partial charge in [-0.15, -0.1) is 0 Å². The molecule has 0 fully saturated rings. The quantitative estimate of drug-likeness (QED) is 0.719. The van der Waals surface area contributed by atoms with Crippen molar-refractivity contribution in [1.29, 1.82) is 0 Å². The standard InChI is InChI=1S/C19H15NO3S/c1-23-14-10-8-13(9-11-14)19-18(21)16-6-4-12-20(16)15-5-2-3-7-17(15)24(19)22/h2-12,19H,1H3/t19-,24-/m1/s1. The number of methoxy groups -OCH3 is 1. The molecule has 24 heavy (non-hydrogen) atoms. The largest absolute Gasteiger partial charge is 0.497 e. The lowest BCUT2D eigenvalue weighted by Gasteiger charge is -2.14. The highest BCUT2D eigenvalue weighted by Crippen LogP contribution is 2.36. The molecule has 0 radical (unpaired) electrons. The molecule has 3 aromatic rings. The van der Waals surface area contributed by atoms with Crippen molar-refractivity contribution in [2.75, 3.05) is 7.11 Å². The van der Waals surface area contributed by atoms with Crippen LogP contribution < -0.4 is 4.74 Å². The van der Waals surface area contributed by atoms with Gasteiger partial charge in [0, 0.05) is 6.20 Å². The van der Waals surface area contributed by atoms with Crippen LogP contribution in [0.4, 0.5) is 0 Å². The third-order valence-corrected chi connectivity index (χ3v) is 5.91. The Kier molecular flexibility index (Phi) is 3.58. The minimum atomic E-state index is -1.48. The predicted octanol–water partition coefficient (Wildman–Crippen LogP) is 3.53. The summed E-state index contributed by atoms with van der Waals surface area (Å²) in [5.74, 6) is 0.564. The number of Topliss-reactive ketones (excluding diaryl/α,β-unsaturated/α-hetero) is 1. The SMILES string of the molecule is COc1ccc([C@@H]2C(=O)c3cccn3-c3ccccc3[S@]2=O)cc1. The van der Waals surface area contributed by atoms with Gasteiger partial charge in [0.2, 0.25) is 0 Å². The van der Waals surface area contributed by atoms with Crippen molar-refractivity contribution < 1.29 is 13.7 Å². The molecule has 0 saturated carbocycles. The molecular weight excluding hydrogens is 322 g/mol. The molecule has 0 spiro atoms. The second kappa shape index (κ2) is 5.76. The van der Waals surface area contributed by atoms with Gasteiger partial charge in [0.1, 0.15) is 11.0 Å². The van der Waals surface area contributed by atoms with E-state index in [4.69, 9.17) is 4.74 Å². The molecule has 0 aliphatic carbocycles. The summed E-state index contributed by atoms with van der Waals surface area (Å²) in [6.07, 6.45) is 1.83. The summed E-state index contributed by atoms with van der Waals surface area (Å²) in [4.78, 5) is 13.8. The molecule has 1 aromatic heterocycles. The molecule has 2 atom stereocenters. The molecule has 2 heterocycles. The van der Waals surface area contributed by atoms with Gasteiger partial charge in [-0.2, -0.15) is 0 Å². The maximum Gasteiger partial charge on any atom is 0.199 e. The zero-order valence-electron chi connectivity index (χ0n) is 13.0. The molecule has 4 nitrogen and oxygen atoms in total. The Labute approximate surface area is 142 Å². The smallest absolute Gasteiger partial charge is 0.199 e. The highest BCUT2D eigenvalue weighted by molar-refractivity contribution is 7.86. The van der Waals surface area contributed by atoms with Gasteiger partial charge in [-0.25, -0.2) is 0 Å². The number of carbonyl (C=O) groups excluding carboxylic acids is 1. The van der Waals surface area contributed by atoms with Gasteiger partial charge >= 0.3 is 0 Å². The van der Waals surface area contributed by atoms with E-state index >= 15 is 0 Å².